The summed E-state index contributed by atoms with van der Waals surface area (Å²) in [6.07, 6.45) is 4.93. The highest BCUT2D eigenvalue weighted by Crippen LogP contribution is 2.28. The van der Waals surface area contributed by atoms with Crippen molar-refractivity contribution < 1.29 is 13.9 Å². The molecule has 2 amide bonds. The van der Waals surface area contributed by atoms with Gasteiger partial charge in [0, 0.05) is 36.2 Å². The summed E-state index contributed by atoms with van der Waals surface area (Å²) in [7, 11) is 0. The van der Waals surface area contributed by atoms with Gasteiger partial charge in [0.05, 0.1) is 40.6 Å². The molecule has 3 N–H and O–H groups in total. The molecule has 0 aliphatic heterocycles. The summed E-state index contributed by atoms with van der Waals surface area (Å²) in [4.78, 5) is 17.1. The van der Waals surface area contributed by atoms with Gasteiger partial charge in [0.2, 0.25) is 0 Å². The molecule has 5 rings (SSSR count). The number of amides is 2. The summed E-state index contributed by atoms with van der Waals surface area (Å²) in [5.74, 6) is 0.552. The maximum absolute atomic E-state index is 14.9. The zero-order valence-corrected chi connectivity index (χ0v) is 21.0. The van der Waals surface area contributed by atoms with Gasteiger partial charge in [-0.25, -0.2) is 13.9 Å². The van der Waals surface area contributed by atoms with Gasteiger partial charge in [0.1, 0.15) is 23.1 Å². The number of hydrogen-bond acceptors (Lipinski definition) is 6. The topological polar surface area (TPSA) is 134 Å². The second-order valence-electron chi connectivity index (χ2n) is 8.87. The van der Waals surface area contributed by atoms with E-state index in [1.807, 2.05) is 13.8 Å². The highest BCUT2D eigenvalue weighted by atomic mass is 19.1. The second kappa shape index (κ2) is 10.9. The minimum absolute atomic E-state index is 0.0258. The minimum atomic E-state index is -0.671. The number of carbonyl (C=O) groups is 1. The number of H-pyrrole nitrogens is 1. The molecule has 3 aromatic heterocycles. The molecular weight excluding hydrogens is 499 g/mol. The Hall–Kier alpha value is -5.50. The van der Waals surface area contributed by atoms with Crippen molar-refractivity contribution in [2.24, 2.45) is 0 Å². The van der Waals surface area contributed by atoms with E-state index in [0.717, 1.165) is 11.3 Å². The normalized spacial score (nSPS) is 10.7. The van der Waals surface area contributed by atoms with E-state index in [0.29, 0.717) is 28.5 Å². The molecule has 0 saturated carbocycles. The number of nitrogens with one attached hydrogen (secondary N) is 3. The van der Waals surface area contributed by atoms with Gasteiger partial charge < -0.3 is 10.1 Å². The third-order valence-electron chi connectivity index (χ3n) is 5.75. The molecule has 3 heterocycles. The van der Waals surface area contributed by atoms with Gasteiger partial charge in [-0.2, -0.15) is 15.5 Å². The Balaban J connectivity index is 1.30. The van der Waals surface area contributed by atoms with E-state index in [4.69, 9.17) is 10.00 Å². The molecule has 0 atom stereocenters. The van der Waals surface area contributed by atoms with Gasteiger partial charge >= 0.3 is 6.03 Å². The third-order valence-corrected chi connectivity index (χ3v) is 5.75. The van der Waals surface area contributed by atoms with Crippen LogP contribution in [0.3, 0.4) is 0 Å². The van der Waals surface area contributed by atoms with Crippen molar-refractivity contribution in [3.05, 3.63) is 96.3 Å². The average Bonchev–Trinajstić information content (AvgIpc) is 3.62. The van der Waals surface area contributed by atoms with Gasteiger partial charge in [-0.3, -0.25) is 15.4 Å². The quantitative estimate of drug-likeness (QED) is 0.232. The first-order valence-electron chi connectivity index (χ1n) is 12.0. The number of nitrogens with zero attached hydrogens (tertiary/aromatic N) is 5. The minimum Gasteiger partial charge on any atom is -0.457 e. The second-order valence-corrected chi connectivity index (χ2v) is 8.87. The number of pyridine rings is 1. The number of anilines is 2. The van der Waals surface area contributed by atoms with Crippen LogP contribution < -0.4 is 15.4 Å². The standard InChI is InChI=1S/C28H23FN8O2/c1-17(2)25-13-27(37(36-25)20-5-3-18(14-30)4-6-20)35-28(38)34-24-8-7-21(11-23(24)29)39-22-9-10-31-26(12-22)19-15-32-33-16-19/h3-13,15-17H,1-2H3,(H,32,33)(H2,34,35,38). The van der Waals surface area contributed by atoms with Crippen LogP contribution in [-0.4, -0.2) is 31.0 Å². The average molecular weight is 523 g/mol. The fourth-order valence-electron chi connectivity index (χ4n) is 3.73. The van der Waals surface area contributed by atoms with Crippen LogP contribution in [0.25, 0.3) is 16.9 Å². The lowest BCUT2D eigenvalue weighted by molar-refractivity contribution is 0.262. The smallest absolute Gasteiger partial charge is 0.324 e. The molecule has 0 fully saturated rings. The molecule has 0 saturated heterocycles. The van der Waals surface area contributed by atoms with E-state index in [1.165, 1.54) is 12.1 Å². The molecular formula is C28H23FN8O2. The zero-order valence-electron chi connectivity index (χ0n) is 21.0. The SMILES string of the molecule is CC(C)c1cc(NC(=O)Nc2ccc(Oc3ccnc(-c4cn[nH]c4)c3)cc2F)n(-c2ccc(C#N)cc2)n1. The van der Waals surface area contributed by atoms with Gasteiger partial charge in [0.15, 0.2) is 0 Å². The van der Waals surface area contributed by atoms with Crippen LogP contribution in [0.5, 0.6) is 11.5 Å². The van der Waals surface area contributed by atoms with Crippen molar-refractivity contribution in [3.8, 4) is 34.5 Å². The molecule has 0 radical (unpaired) electrons. The monoisotopic (exact) mass is 522 g/mol. The van der Waals surface area contributed by atoms with E-state index in [9.17, 15) is 9.18 Å². The summed E-state index contributed by atoms with van der Waals surface area (Å²) in [5, 5.41) is 25.5. The number of urea groups is 1. The van der Waals surface area contributed by atoms with Crippen molar-refractivity contribution in [1.29, 1.82) is 5.26 Å². The number of hydrogen-bond donors (Lipinski definition) is 3. The lowest BCUT2D eigenvalue weighted by Gasteiger charge is -2.12. The molecule has 5 aromatic rings. The fraction of sp³-hybridized carbons (Fsp3) is 0.107. The maximum atomic E-state index is 14.9. The molecule has 0 spiro atoms. The number of benzene rings is 2. The van der Waals surface area contributed by atoms with E-state index in [-0.39, 0.29) is 17.4 Å². The first kappa shape index (κ1) is 25.2. The van der Waals surface area contributed by atoms with Crippen molar-refractivity contribution in [3.63, 3.8) is 0 Å². The molecule has 194 valence electrons. The van der Waals surface area contributed by atoms with Crippen LogP contribution in [0.2, 0.25) is 0 Å². The first-order valence-corrected chi connectivity index (χ1v) is 12.0. The maximum Gasteiger partial charge on any atom is 0.324 e. The summed E-state index contributed by atoms with van der Waals surface area (Å²) in [6.45, 7) is 3.97. The molecule has 39 heavy (non-hydrogen) atoms. The van der Waals surface area contributed by atoms with Crippen LogP contribution in [-0.2, 0) is 0 Å². The Bertz CT molecular complexity index is 1650. The van der Waals surface area contributed by atoms with E-state index < -0.39 is 11.8 Å². The van der Waals surface area contributed by atoms with Gasteiger partial charge in [0.25, 0.3) is 0 Å². The molecule has 2 aromatic carbocycles. The molecule has 0 aliphatic carbocycles. The summed E-state index contributed by atoms with van der Waals surface area (Å²) < 4.78 is 22.2. The van der Waals surface area contributed by atoms with E-state index in [2.05, 4.69) is 37.0 Å². The Morgan fingerprint density at radius 2 is 1.87 bits per heavy atom. The fourth-order valence-corrected chi connectivity index (χ4v) is 3.73. The Morgan fingerprint density at radius 3 is 2.56 bits per heavy atom. The summed E-state index contributed by atoms with van der Waals surface area (Å²) in [5.41, 5.74) is 3.34. The van der Waals surface area contributed by atoms with Gasteiger partial charge in [-0.05, 0) is 48.4 Å². The van der Waals surface area contributed by atoms with E-state index >= 15 is 0 Å². The third kappa shape index (κ3) is 5.75. The lowest BCUT2D eigenvalue weighted by Crippen LogP contribution is -2.22. The Kier molecular flexibility index (Phi) is 7.00. The number of nitriles is 1. The first-order chi connectivity index (χ1) is 18.9. The van der Waals surface area contributed by atoms with E-state index in [1.54, 1.807) is 71.8 Å². The number of halogens is 1. The van der Waals surface area contributed by atoms with Crippen molar-refractivity contribution in [1.82, 2.24) is 25.0 Å². The number of rotatable bonds is 7. The number of aromatic nitrogens is 5. The van der Waals surface area contributed by atoms with Crippen LogP contribution in [0.1, 0.15) is 31.0 Å². The molecule has 0 unspecified atom stereocenters. The lowest BCUT2D eigenvalue weighted by atomic mass is 10.1. The summed E-state index contributed by atoms with van der Waals surface area (Å²) >= 11 is 0. The number of aromatic amines is 1. The summed E-state index contributed by atoms with van der Waals surface area (Å²) in [6, 6.07) is 17.5. The van der Waals surface area contributed by atoms with Crippen molar-refractivity contribution >= 4 is 17.5 Å². The Labute approximate surface area is 223 Å². The zero-order chi connectivity index (χ0) is 27.4. The van der Waals surface area contributed by atoms with Crippen LogP contribution in [0.4, 0.5) is 20.7 Å². The molecule has 11 heteroatoms. The van der Waals surface area contributed by atoms with Crippen LogP contribution in [0.15, 0.2) is 79.3 Å². The predicted molar refractivity (Wildman–Crippen MR) is 143 cm³/mol. The predicted octanol–water partition coefficient (Wildman–Crippen LogP) is 6.23. The van der Waals surface area contributed by atoms with Gasteiger partial charge in [-0.15, -0.1) is 0 Å². The van der Waals surface area contributed by atoms with Crippen LogP contribution >= 0.6 is 0 Å². The molecule has 0 aliphatic rings. The molecule has 10 nitrogen and oxygen atoms in total. The van der Waals surface area contributed by atoms with Crippen molar-refractivity contribution in [2.75, 3.05) is 10.6 Å². The molecule has 0 bridgehead atoms. The number of carbonyl (C=O) groups excluding carboxylic acids is 1. The largest absolute Gasteiger partial charge is 0.457 e. The highest BCUT2D eigenvalue weighted by molar-refractivity contribution is 5.99. The highest BCUT2D eigenvalue weighted by Gasteiger charge is 2.16. The number of ether oxygens (including phenoxy) is 1. The Morgan fingerprint density at radius 1 is 1.08 bits per heavy atom. The van der Waals surface area contributed by atoms with Gasteiger partial charge in [-0.1, -0.05) is 13.8 Å². The van der Waals surface area contributed by atoms with Crippen molar-refractivity contribution in [2.45, 2.75) is 19.8 Å². The van der Waals surface area contributed by atoms with Crippen LogP contribution in [0, 0.1) is 17.1 Å².